The lowest BCUT2D eigenvalue weighted by molar-refractivity contribution is -0.133. The first-order valence-corrected chi connectivity index (χ1v) is 13.0. The van der Waals surface area contributed by atoms with Gasteiger partial charge in [0.15, 0.2) is 0 Å². The summed E-state index contributed by atoms with van der Waals surface area (Å²) in [6.07, 6.45) is 3.65. The number of aliphatic hydroxyl groups is 1. The molecule has 1 aliphatic carbocycles. The second-order valence-electron chi connectivity index (χ2n) is 9.86. The van der Waals surface area contributed by atoms with Crippen LogP contribution in [0.15, 0.2) is 30.6 Å². The molecule has 5 rings (SSSR count). The van der Waals surface area contributed by atoms with Gasteiger partial charge in [0.25, 0.3) is 0 Å². The number of hydrogen-bond donors (Lipinski definition) is 2. The van der Waals surface area contributed by atoms with Gasteiger partial charge in [-0.1, -0.05) is 30.7 Å². The monoisotopic (exact) mass is 499 g/mol. The van der Waals surface area contributed by atoms with E-state index in [9.17, 15) is 9.90 Å². The zero-order valence-corrected chi connectivity index (χ0v) is 21.0. The maximum Gasteiger partial charge on any atom is 0.231 e. The molecule has 188 valence electrons. The largest absolute Gasteiger partial charge is 0.387 e. The van der Waals surface area contributed by atoms with Crippen LogP contribution in [0, 0.1) is 0 Å². The minimum Gasteiger partial charge on any atom is -0.387 e. The molecular formula is C26H34ClN5O3. The number of ether oxygens (including phenoxy) is 1. The number of nitrogens with one attached hydrogen (secondary N) is 1. The maximum atomic E-state index is 13.7. The highest BCUT2D eigenvalue weighted by molar-refractivity contribution is 6.30. The van der Waals surface area contributed by atoms with Crippen molar-refractivity contribution in [2.45, 2.75) is 50.2 Å². The third kappa shape index (κ3) is 5.31. The van der Waals surface area contributed by atoms with Crippen molar-refractivity contribution in [3.63, 3.8) is 0 Å². The Hall–Kier alpha value is -2.26. The predicted molar refractivity (Wildman–Crippen MR) is 135 cm³/mol. The van der Waals surface area contributed by atoms with Gasteiger partial charge in [-0.2, -0.15) is 0 Å². The number of rotatable bonds is 6. The zero-order chi connectivity index (χ0) is 24.4. The average molecular weight is 500 g/mol. The van der Waals surface area contributed by atoms with Gasteiger partial charge in [-0.3, -0.25) is 4.79 Å². The Morgan fingerprint density at radius 1 is 1.17 bits per heavy atom. The fourth-order valence-electron chi connectivity index (χ4n) is 5.54. The highest BCUT2D eigenvalue weighted by atomic mass is 35.5. The second-order valence-corrected chi connectivity index (χ2v) is 10.3. The fourth-order valence-corrected chi connectivity index (χ4v) is 5.67. The highest BCUT2D eigenvalue weighted by Crippen LogP contribution is 2.42. The lowest BCUT2D eigenvalue weighted by atomic mass is 9.96. The van der Waals surface area contributed by atoms with Crippen LogP contribution < -0.4 is 10.2 Å². The van der Waals surface area contributed by atoms with Crippen LogP contribution >= 0.6 is 11.6 Å². The van der Waals surface area contributed by atoms with E-state index >= 15 is 0 Å². The van der Waals surface area contributed by atoms with Crippen LogP contribution in [-0.2, 0) is 9.53 Å². The standard InChI is InChI=1S/C26H34ClN5O3/c1-17-14-22(33)24-23(17)25(30-16-29-24)31-8-10-32(11-9-31)26(34)21(18-2-4-19(27)5-3-18)15-28-20-6-12-35-13-7-20/h2-5,16-17,20-22,28,33H,6-15H2,1H3/t17-,21?,22+/m1/s1. The first kappa shape index (κ1) is 24.4. The van der Waals surface area contributed by atoms with Crippen molar-refractivity contribution in [3.05, 3.63) is 52.4 Å². The number of fused-ring (bicyclic) bond motifs is 1. The molecule has 9 heteroatoms. The molecule has 2 fully saturated rings. The molecule has 1 amide bonds. The number of nitrogens with zero attached hydrogens (tertiary/aromatic N) is 4. The Kier molecular flexibility index (Phi) is 7.53. The molecule has 3 atom stereocenters. The van der Waals surface area contributed by atoms with Crippen LogP contribution in [0.3, 0.4) is 0 Å². The van der Waals surface area contributed by atoms with Gasteiger partial charge in [-0.15, -0.1) is 0 Å². The third-order valence-corrected chi connectivity index (χ3v) is 7.82. The summed E-state index contributed by atoms with van der Waals surface area (Å²) in [7, 11) is 0. The first-order valence-electron chi connectivity index (χ1n) is 12.6. The number of amides is 1. The van der Waals surface area contributed by atoms with Crippen LogP contribution in [0.1, 0.15) is 60.9 Å². The number of piperazine rings is 1. The van der Waals surface area contributed by atoms with Gasteiger partial charge >= 0.3 is 0 Å². The van der Waals surface area contributed by atoms with Crippen molar-refractivity contribution in [2.24, 2.45) is 0 Å². The number of aliphatic hydroxyl groups excluding tert-OH is 1. The molecule has 0 radical (unpaired) electrons. The molecular weight excluding hydrogens is 466 g/mol. The Labute approximate surface area is 211 Å². The summed E-state index contributed by atoms with van der Waals surface area (Å²) in [6.45, 7) is 6.93. The van der Waals surface area contributed by atoms with E-state index in [4.69, 9.17) is 16.3 Å². The molecule has 1 aromatic heterocycles. The van der Waals surface area contributed by atoms with Crippen molar-refractivity contribution >= 4 is 23.3 Å². The normalized spacial score (nSPS) is 23.9. The lowest BCUT2D eigenvalue weighted by Gasteiger charge is -2.38. The minimum absolute atomic E-state index is 0.142. The molecule has 0 saturated carbocycles. The van der Waals surface area contributed by atoms with Crippen molar-refractivity contribution in [3.8, 4) is 0 Å². The van der Waals surface area contributed by atoms with Gasteiger partial charge in [-0.25, -0.2) is 9.97 Å². The summed E-state index contributed by atoms with van der Waals surface area (Å²) in [4.78, 5) is 26.8. The van der Waals surface area contributed by atoms with E-state index in [2.05, 4.69) is 27.1 Å². The highest BCUT2D eigenvalue weighted by Gasteiger charge is 2.35. The van der Waals surface area contributed by atoms with E-state index < -0.39 is 6.10 Å². The molecule has 1 aromatic carbocycles. The molecule has 2 aliphatic heterocycles. The molecule has 3 heterocycles. The van der Waals surface area contributed by atoms with Gasteiger partial charge < -0.3 is 25.0 Å². The second kappa shape index (κ2) is 10.8. The van der Waals surface area contributed by atoms with E-state index in [0.717, 1.165) is 48.7 Å². The van der Waals surface area contributed by atoms with E-state index in [0.29, 0.717) is 50.2 Å². The number of carbonyl (C=O) groups excluding carboxylic acids is 1. The summed E-state index contributed by atoms with van der Waals surface area (Å²) < 4.78 is 5.48. The smallest absolute Gasteiger partial charge is 0.231 e. The van der Waals surface area contributed by atoms with Crippen LogP contribution in [0.25, 0.3) is 0 Å². The molecule has 3 aliphatic rings. The number of halogens is 1. The molecule has 35 heavy (non-hydrogen) atoms. The molecule has 0 spiro atoms. The third-order valence-electron chi connectivity index (χ3n) is 7.57. The van der Waals surface area contributed by atoms with E-state index in [-0.39, 0.29) is 17.7 Å². The van der Waals surface area contributed by atoms with Crippen LogP contribution in [0.2, 0.25) is 5.02 Å². The molecule has 2 aromatic rings. The van der Waals surface area contributed by atoms with Gasteiger partial charge in [0, 0.05) is 62.6 Å². The number of aromatic nitrogens is 2. The van der Waals surface area contributed by atoms with Gasteiger partial charge in [0.1, 0.15) is 12.1 Å². The Morgan fingerprint density at radius 2 is 1.89 bits per heavy atom. The summed E-state index contributed by atoms with van der Waals surface area (Å²) in [5.74, 6) is 1.01. The van der Waals surface area contributed by atoms with Gasteiger partial charge in [0.05, 0.1) is 17.7 Å². The summed E-state index contributed by atoms with van der Waals surface area (Å²) >= 11 is 6.12. The van der Waals surface area contributed by atoms with E-state index in [1.54, 1.807) is 6.33 Å². The minimum atomic E-state index is -0.520. The van der Waals surface area contributed by atoms with Crippen LogP contribution in [0.5, 0.6) is 0 Å². The van der Waals surface area contributed by atoms with Crippen molar-refractivity contribution < 1.29 is 14.6 Å². The van der Waals surface area contributed by atoms with E-state index in [1.165, 1.54) is 0 Å². The van der Waals surface area contributed by atoms with Crippen molar-refractivity contribution in [2.75, 3.05) is 50.8 Å². The number of carbonyl (C=O) groups is 1. The van der Waals surface area contributed by atoms with Crippen LogP contribution in [-0.4, -0.2) is 77.9 Å². The van der Waals surface area contributed by atoms with E-state index in [1.807, 2.05) is 29.2 Å². The molecule has 8 nitrogen and oxygen atoms in total. The summed E-state index contributed by atoms with van der Waals surface area (Å²) in [6, 6.07) is 8.01. The van der Waals surface area contributed by atoms with Crippen LogP contribution in [0.4, 0.5) is 5.82 Å². The SMILES string of the molecule is C[C@@H]1C[C@H](O)c2ncnc(N3CCN(C(=O)C(CNC4CCOCC4)c4ccc(Cl)cc4)CC3)c21. The maximum absolute atomic E-state index is 13.7. The summed E-state index contributed by atoms with van der Waals surface area (Å²) in [5, 5.41) is 14.6. The number of benzene rings is 1. The average Bonchev–Trinajstić information content (AvgIpc) is 3.19. The van der Waals surface area contributed by atoms with Gasteiger partial charge in [-0.05, 0) is 42.9 Å². The molecule has 1 unspecified atom stereocenters. The molecule has 0 bridgehead atoms. The Balaban J connectivity index is 1.27. The van der Waals surface area contributed by atoms with Crippen molar-refractivity contribution in [1.82, 2.24) is 20.2 Å². The predicted octanol–water partition coefficient (Wildman–Crippen LogP) is 2.87. The number of hydrogen-bond acceptors (Lipinski definition) is 7. The Bertz CT molecular complexity index is 1020. The lowest BCUT2D eigenvalue weighted by Crippen LogP contribution is -2.51. The number of anilines is 1. The molecule has 2 saturated heterocycles. The summed E-state index contributed by atoms with van der Waals surface area (Å²) in [5.41, 5.74) is 2.79. The molecule has 2 N–H and O–H groups in total. The van der Waals surface area contributed by atoms with Crippen molar-refractivity contribution in [1.29, 1.82) is 0 Å². The fraction of sp³-hybridized carbons (Fsp3) is 0.577. The van der Waals surface area contributed by atoms with Gasteiger partial charge in [0.2, 0.25) is 5.91 Å². The zero-order valence-electron chi connectivity index (χ0n) is 20.2. The quantitative estimate of drug-likeness (QED) is 0.631. The Morgan fingerprint density at radius 3 is 2.60 bits per heavy atom. The first-order chi connectivity index (χ1) is 17.0. The topological polar surface area (TPSA) is 90.8 Å².